The largest absolute Gasteiger partial charge is 0.433 e. The molecule has 46 heavy (non-hydrogen) atoms. The van der Waals surface area contributed by atoms with Crippen molar-refractivity contribution >= 4 is 0 Å². The normalized spacial score (nSPS) is 15.7. The molecular weight excluding hydrogens is 606 g/mol. The quantitative estimate of drug-likeness (QED) is 0.134. The lowest BCUT2D eigenvalue weighted by Gasteiger charge is -2.40. The van der Waals surface area contributed by atoms with Crippen LogP contribution >= 0.6 is 0 Å². The predicted octanol–water partition coefficient (Wildman–Crippen LogP) is 7.21. The monoisotopic (exact) mass is 642 g/mol. The van der Waals surface area contributed by atoms with Gasteiger partial charge in [0.2, 0.25) is 0 Å². The summed E-state index contributed by atoms with van der Waals surface area (Å²) in [5.74, 6) is 0. The summed E-state index contributed by atoms with van der Waals surface area (Å²) in [6, 6.07) is 26.9. The summed E-state index contributed by atoms with van der Waals surface area (Å²) >= 11 is 0. The van der Waals surface area contributed by atoms with E-state index in [9.17, 15) is 31.4 Å². The highest BCUT2D eigenvalue weighted by Gasteiger charge is 2.34. The summed E-state index contributed by atoms with van der Waals surface area (Å²) < 4.78 is 79.6. The molecule has 1 fully saturated rings. The Morgan fingerprint density at radius 2 is 1.30 bits per heavy atom. The van der Waals surface area contributed by atoms with Crippen LogP contribution in [0.2, 0.25) is 0 Å². The van der Waals surface area contributed by atoms with Gasteiger partial charge in [0.1, 0.15) is 5.69 Å². The number of aromatic nitrogens is 1. The summed E-state index contributed by atoms with van der Waals surface area (Å²) in [5, 5.41) is 13.8. The van der Waals surface area contributed by atoms with E-state index in [1.807, 2.05) is 12.1 Å². The summed E-state index contributed by atoms with van der Waals surface area (Å²) in [7, 11) is 0. The molecule has 1 atom stereocenters. The third kappa shape index (κ3) is 8.73. The van der Waals surface area contributed by atoms with Gasteiger partial charge in [0.15, 0.2) is 0 Å². The Balaban J connectivity index is 1.12. The fourth-order valence-electron chi connectivity index (χ4n) is 5.78. The molecule has 1 aliphatic rings. The number of nitrogens with zero attached hydrogens (tertiary/aromatic N) is 3. The van der Waals surface area contributed by atoms with Crippen LogP contribution < -0.4 is 5.32 Å². The van der Waals surface area contributed by atoms with Crippen molar-refractivity contribution in [2.45, 2.75) is 30.9 Å². The standard InChI is InChI=1S/C35H36F6N4O/c36-34(37,38)29-14-12-25(13-15-29)30-22-28(23-32(43-30)35(39,40)41)31(46)24-42-16-7-17-44-18-20-45(21-19-44)33(26-8-3-1-4-9-26)27-10-5-2-6-11-27/h1-6,8-15,22-23,31,33,42,46H,7,16-21,24H2/t31-/m1/s1. The molecule has 3 aromatic carbocycles. The van der Waals surface area contributed by atoms with Gasteiger partial charge in [-0.2, -0.15) is 26.3 Å². The molecule has 0 bridgehead atoms. The minimum atomic E-state index is -4.80. The molecule has 2 heterocycles. The average Bonchev–Trinajstić information content (AvgIpc) is 3.05. The first-order valence-corrected chi connectivity index (χ1v) is 15.2. The van der Waals surface area contributed by atoms with Gasteiger partial charge in [-0.05, 0) is 60.5 Å². The zero-order valence-electron chi connectivity index (χ0n) is 25.1. The number of rotatable bonds is 11. The van der Waals surface area contributed by atoms with E-state index in [1.54, 1.807) is 0 Å². The van der Waals surface area contributed by atoms with Crippen LogP contribution in [0.4, 0.5) is 26.3 Å². The molecule has 5 rings (SSSR count). The van der Waals surface area contributed by atoms with E-state index < -0.39 is 29.7 Å². The zero-order chi connectivity index (χ0) is 32.7. The van der Waals surface area contributed by atoms with Gasteiger partial charge in [0, 0.05) is 38.3 Å². The molecule has 1 saturated heterocycles. The van der Waals surface area contributed by atoms with Gasteiger partial charge < -0.3 is 15.3 Å². The molecule has 0 amide bonds. The van der Waals surface area contributed by atoms with Gasteiger partial charge in [-0.15, -0.1) is 0 Å². The van der Waals surface area contributed by atoms with E-state index in [0.29, 0.717) is 6.54 Å². The topological polar surface area (TPSA) is 51.6 Å². The average molecular weight is 643 g/mol. The molecule has 1 aromatic heterocycles. The first-order chi connectivity index (χ1) is 22.0. The van der Waals surface area contributed by atoms with Crippen LogP contribution in [0.15, 0.2) is 97.1 Å². The second-order valence-corrected chi connectivity index (χ2v) is 11.4. The van der Waals surface area contributed by atoms with Crippen molar-refractivity contribution in [1.82, 2.24) is 20.1 Å². The summed E-state index contributed by atoms with van der Waals surface area (Å²) in [6.07, 6.45) is -9.85. The Morgan fingerprint density at radius 1 is 0.717 bits per heavy atom. The van der Waals surface area contributed by atoms with Gasteiger partial charge in [0.25, 0.3) is 0 Å². The number of alkyl halides is 6. The van der Waals surface area contributed by atoms with Gasteiger partial charge in [-0.25, -0.2) is 4.98 Å². The Hall–Kier alpha value is -3.77. The van der Waals surface area contributed by atoms with Crippen molar-refractivity contribution in [1.29, 1.82) is 0 Å². The Labute approximate surface area is 264 Å². The van der Waals surface area contributed by atoms with Crippen LogP contribution in [0.3, 0.4) is 0 Å². The SMILES string of the molecule is O[C@H](CNCCCN1CCN(C(c2ccccc2)c2ccccc2)CC1)c1cc(-c2ccc(C(F)(F)F)cc2)nc(C(F)(F)F)c1. The molecule has 0 radical (unpaired) electrons. The maximum absolute atomic E-state index is 13.6. The first-order valence-electron chi connectivity index (χ1n) is 15.2. The van der Waals surface area contributed by atoms with E-state index in [2.05, 4.69) is 68.6 Å². The molecule has 2 N–H and O–H groups in total. The molecule has 0 spiro atoms. The highest BCUT2D eigenvalue weighted by molar-refractivity contribution is 5.61. The number of halogens is 6. The summed E-state index contributed by atoms with van der Waals surface area (Å²) in [4.78, 5) is 8.50. The second kappa shape index (κ2) is 14.8. The van der Waals surface area contributed by atoms with Gasteiger partial charge >= 0.3 is 12.4 Å². The summed E-state index contributed by atoms with van der Waals surface area (Å²) in [5.41, 5.74) is 0.268. The third-order valence-corrected chi connectivity index (χ3v) is 8.20. The van der Waals surface area contributed by atoms with Crippen LogP contribution in [-0.2, 0) is 12.4 Å². The maximum Gasteiger partial charge on any atom is 0.433 e. The van der Waals surface area contributed by atoms with Crippen LogP contribution in [0.25, 0.3) is 11.3 Å². The maximum atomic E-state index is 13.6. The lowest BCUT2D eigenvalue weighted by atomic mass is 9.96. The Morgan fingerprint density at radius 3 is 1.85 bits per heavy atom. The second-order valence-electron chi connectivity index (χ2n) is 11.4. The molecular formula is C35H36F6N4O. The minimum Gasteiger partial charge on any atom is -0.387 e. The molecule has 0 unspecified atom stereocenters. The smallest absolute Gasteiger partial charge is 0.387 e. The first kappa shape index (κ1) is 33.6. The van der Waals surface area contributed by atoms with Crippen LogP contribution in [0, 0.1) is 0 Å². The van der Waals surface area contributed by atoms with Crippen molar-refractivity contribution in [3.8, 4) is 11.3 Å². The number of aliphatic hydroxyl groups excluding tert-OH is 1. The van der Waals surface area contributed by atoms with Gasteiger partial charge in [0.05, 0.1) is 23.4 Å². The highest BCUT2D eigenvalue weighted by Crippen LogP contribution is 2.34. The third-order valence-electron chi connectivity index (χ3n) is 8.20. The molecule has 4 aromatic rings. The molecule has 244 valence electrons. The fourth-order valence-corrected chi connectivity index (χ4v) is 5.78. The van der Waals surface area contributed by atoms with Crippen molar-refractivity contribution in [3.05, 3.63) is 125 Å². The van der Waals surface area contributed by atoms with Crippen molar-refractivity contribution < 1.29 is 31.4 Å². The van der Waals surface area contributed by atoms with Gasteiger partial charge in [-0.3, -0.25) is 4.90 Å². The van der Waals surface area contributed by atoms with Crippen LogP contribution in [0.1, 0.15) is 46.5 Å². The van der Waals surface area contributed by atoms with Gasteiger partial charge in [-0.1, -0.05) is 72.8 Å². The number of piperazine rings is 1. The lowest BCUT2D eigenvalue weighted by Crippen LogP contribution is -2.48. The zero-order valence-corrected chi connectivity index (χ0v) is 25.1. The molecule has 0 saturated carbocycles. The molecule has 11 heteroatoms. The molecule has 1 aliphatic heterocycles. The van der Waals surface area contributed by atoms with Crippen molar-refractivity contribution in [2.75, 3.05) is 45.8 Å². The van der Waals surface area contributed by atoms with E-state index >= 15 is 0 Å². The number of pyridine rings is 1. The number of aliphatic hydroxyl groups is 1. The molecule has 5 nitrogen and oxygen atoms in total. The van der Waals surface area contributed by atoms with E-state index in [1.165, 1.54) is 17.2 Å². The van der Waals surface area contributed by atoms with Crippen molar-refractivity contribution in [3.63, 3.8) is 0 Å². The highest BCUT2D eigenvalue weighted by atomic mass is 19.4. The van der Waals surface area contributed by atoms with Crippen molar-refractivity contribution in [2.24, 2.45) is 0 Å². The Kier molecular flexibility index (Phi) is 10.8. The van der Waals surface area contributed by atoms with E-state index in [-0.39, 0.29) is 29.4 Å². The van der Waals surface area contributed by atoms with Crippen LogP contribution in [-0.4, -0.2) is 65.7 Å². The predicted molar refractivity (Wildman–Crippen MR) is 165 cm³/mol. The van der Waals surface area contributed by atoms with E-state index in [4.69, 9.17) is 0 Å². The Bertz CT molecular complexity index is 1480. The van der Waals surface area contributed by atoms with Crippen LogP contribution in [0.5, 0.6) is 0 Å². The number of hydrogen-bond donors (Lipinski definition) is 2. The number of nitrogens with one attached hydrogen (secondary N) is 1. The molecule has 0 aliphatic carbocycles. The van der Waals surface area contributed by atoms with E-state index in [0.717, 1.165) is 69.5 Å². The number of hydrogen-bond acceptors (Lipinski definition) is 5. The number of benzene rings is 3. The minimum absolute atomic E-state index is 0.0113. The summed E-state index contributed by atoms with van der Waals surface area (Å²) in [6.45, 7) is 5.03. The fraction of sp³-hybridized carbons (Fsp3) is 0.343. The lowest BCUT2D eigenvalue weighted by molar-refractivity contribution is -0.141.